The summed E-state index contributed by atoms with van der Waals surface area (Å²) < 4.78 is 5.31. The van der Waals surface area contributed by atoms with Gasteiger partial charge in [-0.05, 0) is 64.1 Å². The molecule has 0 radical (unpaired) electrons. The molecule has 162 valence electrons. The molecule has 0 amide bonds. The number of carboxylic acid groups (broad SMARTS) is 1. The molecule has 0 heterocycles. The van der Waals surface area contributed by atoms with Crippen LogP contribution in [0, 0.1) is 0 Å². The Hall–Kier alpha value is -3.56. The summed E-state index contributed by atoms with van der Waals surface area (Å²) in [5.74, 6) is -0.168. The SMILES string of the molecule is CC/C(=C(\C=C(/Cl)c1ccccc1)c1ccc(/C=C/C(=O)O)cc1)c1ccc(OC)cc1. The molecule has 3 nitrogen and oxygen atoms in total. The summed E-state index contributed by atoms with van der Waals surface area (Å²) in [7, 11) is 1.65. The first-order valence-electron chi connectivity index (χ1n) is 10.3. The number of carbonyl (C=O) groups is 1. The number of ether oxygens (including phenoxy) is 1. The Balaban J connectivity index is 2.13. The number of aliphatic carboxylic acids is 1. The van der Waals surface area contributed by atoms with Gasteiger partial charge in [-0.2, -0.15) is 0 Å². The molecule has 3 aromatic rings. The van der Waals surface area contributed by atoms with Crippen molar-refractivity contribution in [1.29, 1.82) is 0 Å². The Morgan fingerprint density at radius 3 is 2.09 bits per heavy atom. The number of carboxylic acids is 1. The second-order valence-corrected chi connectivity index (χ2v) is 7.53. The number of rotatable bonds is 8. The van der Waals surface area contributed by atoms with Gasteiger partial charge in [0.2, 0.25) is 0 Å². The van der Waals surface area contributed by atoms with Crippen LogP contribution in [-0.4, -0.2) is 18.2 Å². The molecule has 0 bridgehead atoms. The van der Waals surface area contributed by atoms with Gasteiger partial charge in [0.15, 0.2) is 0 Å². The maximum Gasteiger partial charge on any atom is 0.328 e. The fourth-order valence-electron chi connectivity index (χ4n) is 3.44. The summed E-state index contributed by atoms with van der Waals surface area (Å²) in [6.45, 7) is 2.12. The first-order chi connectivity index (χ1) is 15.5. The molecule has 0 aliphatic rings. The van der Waals surface area contributed by atoms with Gasteiger partial charge >= 0.3 is 5.97 Å². The van der Waals surface area contributed by atoms with Crippen LogP contribution in [0.15, 0.2) is 91.0 Å². The average Bonchev–Trinajstić information content (AvgIpc) is 2.83. The Labute approximate surface area is 193 Å². The summed E-state index contributed by atoms with van der Waals surface area (Å²) in [5, 5.41) is 9.52. The highest BCUT2D eigenvalue weighted by molar-refractivity contribution is 6.49. The predicted octanol–water partition coefficient (Wildman–Crippen LogP) is 7.39. The summed E-state index contributed by atoms with van der Waals surface area (Å²) in [6.07, 6.45) is 5.51. The van der Waals surface area contributed by atoms with Crippen molar-refractivity contribution in [3.8, 4) is 5.75 Å². The standard InChI is InChI=1S/C28H25ClO3/c1-3-25(21-14-16-24(32-2)17-15-21)26(19-27(29)23-7-5-4-6-8-23)22-12-9-20(10-13-22)11-18-28(30)31/h4-19H,3H2,1-2H3,(H,30,31)/b18-11+,26-25-,27-19-. The van der Waals surface area contributed by atoms with Crippen LogP contribution in [0.2, 0.25) is 0 Å². The van der Waals surface area contributed by atoms with E-state index in [-0.39, 0.29) is 0 Å². The van der Waals surface area contributed by atoms with Gasteiger partial charge in [-0.3, -0.25) is 0 Å². The summed E-state index contributed by atoms with van der Waals surface area (Å²) in [5.41, 5.74) is 6.01. The number of hydrogen-bond donors (Lipinski definition) is 1. The van der Waals surface area contributed by atoms with Crippen molar-refractivity contribution < 1.29 is 14.6 Å². The second kappa shape index (κ2) is 11.2. The van der Waals surface area contributed by atoms with Gasteiger partial charge in [0.05, 0.1) is 7.11 Å². The topological polar surface area (TPSA) is 46.5 Å². The van der Waals surface area contributed by atoms with E-state index in [1.54, 1.807) is 13.2 Å². The lowest BCUT2D eigenvalue weighted by atomic mass is 9.91. The van der Waals surface area contributed by atoms with Gasteiger partial charge in [0, 0.05) is 11.1 Å². The van der Waals surface area contributed by atoms with Crippen molar-refractivity contribution >= 4 is 39.8 Å². The van der Waals surface area contributed by atoms with Gasteiger partial charge in [0.25, 0.3) is 0 Å². The normalized spacial score (nSPS) is 12.5. The fraction of sp³-hybridized carbons (Fsp3) is 0.107. The minimum Gasteiger partial charge on any atom is -0.497 e. The van der Waals surface area contributed by atoms with E-state index in [4.69, 9.17) is 21.4 Å². The molecule has 0 saturated heterocycles. The fourth-order valence-corrected chi connectivity index (χ4v) is 3.67. The van der Waals surface area contributed by atoms with E-state index in [0.29, 0.717) is 5.03 Å². The molecule has 4 heteroatoms. The lowest BCUT2D eigenvalue weighted by Gasteiger charge is -2.14. The molecule has 3 rings (SSSR count). The number of benzene rings is 3. The highest BCUT2D eigenvalue weighted by Crippen LogP contribution is 2.34. The van der Waals surface area contributed by atoms with Crippen LogP contribution in [0.3, 0.4) is 0 Å². The predicted molar refractivity (Wildman–Crippen MR) is 133 cm³/mol. The van der Waals surface area contributed by atoms with E-state index in [2.05, 4.69) is 6.92 Å². The Bertz CT molecular complexity index is 1140. The molecule has 0 saturated carbocycles. The Morgan fingerprint density at radius 2 is 1.53 bits per heavy atom. The summed E-state index contributed by atoms with van der Waals surface area (Å²) >= 11 is 6.73. The minimum absolute atomic E-state index is 0.648. The van der Waals surface area contributed by atoms with Gasteiger partial charge in [0.1, 0.15) is 5.75 Å². The van der Waals surface area contributed by atoms with E-state index in [9.17, 15) is 4.79 Å². The molecular formula is C28H25ClO3. The molecule has 1 N–H and O–H groups in total. The second-order valence-electron chi connectivity index (χ2n) is 7.13. The van der Waals surface area contributed by atoms with E-state index in [1.807, 2.05) is 84.9 Å². The molecule has 0 aromatic heterocycles. The number of methoxy groups -OCH3 is 1. The molecule has 32 heavy (non-hydrogen) atoms. The summed E-state index contributed by atoms with van der Waals surface area (Å²) in [4.78, 5) is 10.8. The molecular weight excluding hydrogens is 420 g/mol. The lowest BCUT2D eigenvalue weighted by molar-refractivity contribution is -0.131. The first-order valence-corrected chi connectivity index (χ1v) is 10.7. The van der Waals surface area contributed by atoms with Crippen molar-refractivity contribution in [2.45, 2.75) is 13.3 Å². The molecule has 0 spiro atoms. The van der Waals surface area contributed by atoms with Gasteiger partial charge in [-0.25, -0.2) is 4.79 Å². The molecule has 3 aromatic carbocycles. The van der Waals surface area contributed by atoms with Gasteiger partial charge in [-0.15, -0.1) is 0 Å². The molecule has 0 fully saturated rings. The van der Waals surface area contributed by atoms with Crippen molar-refractivity contribution in [3.63, 3.8) is 0 Å². The zero-order chi connectivity index (χ0) is 22.9. The van der Waals surface area contributed by atoms with E-state index in [1.165, 1.54) is 0 Å². The number of hydrogen-bond acceptors (Lipinski definition) is 2. The highest BCUT2D eigenvalue weighted by atomic mass is 35.5. The molecule has 0 aliphatic carbocycles. The van der Waals surface area contributed by atoms with Crippen LogP contribution in [0.5, 0.6) is 5.75 Å². The third-order valence-corrected chi connectivity index (χ3v) is 5.41. The molecule has 0 atom stereocenters. The molecule has 0 unspecified atom stereocenters. The largest absolute Gasteiger partial charge is 0.497 e. The first kappa shape index (κ1) is 23.1. The third kappa shape index (κ3) is 5.99. The monoisotopic (exact) mass is 444 g/mol. The van der Waals surface area contributed by atoms with Crippen molar-refractivity contribution in [2.24, 2.45) is 0 Å². The van der Waals surface area contributed by atoms with Gasteiger partial charge in [-0.1, -0.05) is 85.3 Å². The maximum absolute atomic E-state index is 10.8. The quantitative estimate of drug-likeness (QED) is 0.224. The van der Waals surface area contributed by atoms with Crippen LogP contribution in [0.4, 0.5) is 0 Å². The number of halogens is 1. The minimum atomic E-state index is -0.972. The third-order valence-electron chi connectivity index (χ3n) is 5.08. The van der Waals surface area contributed by atoms with Crippen LogP contribution in [-0.2, 0) is 4.79 Å². The maximum atomic E-state index is 10.8. The van der Waals surface area contributed by atoms with Crippen LogP contribution in [0.25, 0.3) is 22.3 Å². The lowest BCUT2D eigenvalue weighted by Crippen LogP contribution is -1.93. The Kier molecular flexibility index (Phi) is 8.07. The van der Waals surface area contributed by atoms with E-state index in [0.717, 1.165) is 51.6 Å². The van der Waals surface area contributed by atoms with Gasteiger partial charge < -0.3 is 9.84 Å². The molecule has 0 aliphatic heterocycles. The van der Waals surface area contributed by atoms with Crippen LogP contribution in [0.1, 0.15) is 35.6 Å². The zero-order valence-electron chi connectivity index (χ0n) is 18.1. The number of allylic oxidation sites excluding steroid dienone is 3. The van der Waals surface area contributed by atoms with Crippen LogP contribution >= 0.6 is 11.6 Å². The Morgan fingerprint density at radius 1 is 0.906 bits per heavy atom. The van der Waals surface area contributed by atoms with Crippen molar-refractivity contribution in [1.82, 2.24) is 0 Å². The van der Waals surface area contributed by atoms with Crippen LogP contribution < -0.4 is 4.74 Å². The van der Waals surface area contributed by atoms with Crippen molar-refractivity contribution in [3.05, 3.63) is 113 Å². The highest BCUT2D eigenvalue weighted by Gasteiger charge is 2.11. The van der Waals surface area contributed by atoms with E-state index >= 15 is 0 Å². The zero-order valence-corrected chi connectivity index (χ0v) is 18.8. The smallest absolute Gasteiger partial charge is 0.328 e. The van der Waals surface area contributed by atoms with E-state index < -0.39 is 5.97 Å². The average molecular weight is 445 g/mol. The van der Waals surface area contributed by atoms with Crippen molar-refractivity contribution in [2.75, 3.05) is 7.11 Å². The summed E-state index contributed by atoms with van der Waals surface area (Å²) in [6, 6.07) is 25.6.